The van der Waals surface area contributed by atoms with E-state index in [1.54, 1.807) is 6.07 Å². The van der Waals surface area contributed by atoms with E-state index in [0.717, 1.165) is 25.3 Å². The lowest BCUT2D eigenvalue weighted by Gasteiger charge is -2.18. The summed E-state index contributed by atoms with van der Waals surface area (Å²) < 4.78 is 37.7. The van der Waals surface area contributed by atoms with Gasteiger partial charge in [-0.15, -0.1) is 0 Å². The minimum atomic E-state index is -0.829. The Labute approximate surface area is 186 Å². The van der Waals surface area contributed by atoms with Crippen LogP contribution < -0.4 is 21.5 Å². The standard InChI is InChI=1S/C24H21F2N3O4/c1-5-14-9-10-17(16(26)11-14)29-22-21(23(31)28(4)24(29)32)19(12-20(30)27(22)3)33-18-8-6-7-15(25)13(18)2/h6-12H,5H2,1-4H3. The summed E-state index contributed by atoms with van der Waals surface area (Å²) in [5, 5.41) is -0.123. The van der Waals surface area contributed by atoms with Gasteiger partial charge in [-0.3, -0.25) is 18.7 Å². The van der Waals surface area contributed by atoms with Gasteiger partial charge in [0, 0.05) is 25.7 Å². The van der Waals surface area contributed by atoms with Gasteiger partial charge in [-0.05, 0) is 43.2 Å². The Hall–Kier alpha value is -4.01. The van der Waals surface area contributed by atoms with E-state index in [4.69, 9.17) is 4.74 Å². The molecule has 2 aromatic carbocycles. The average Bonchev–Trinajstić information content (AvgIpc) is 2.79. The van der Waals surface area contributed by atoms with Crippen LogP contribution in [0.5, 0.6) is 11.5 Å². The maximum atomic E-state index is 15.0. The average molecular weight is 453 g/mol. The molecular formula is C24H21F2N3O4. The van der Waals surface area contributed by atoms with Crippen LogP contribution in [0.3, 0.4) is 0 Å². The first-order valence-corrected chi connectivity index (χ1v) is 10.2. The summed E-state index contributed by atoms with van der Waals surface area (Å²) in [7, 11) is 2.62. The van der Waals surface area contributed by atoms with Gasteiger partial charge in [-0.1, -0.05) is 19.1 Å². The van der Waals surface area contributed by atoms with Crippen LogP contribution in [0.4, 0.5) is 8.78 Å². The molecule has 0 atom stereocenters. The fourth-order valence-corrected chi connectivity index (χ4v) is 3.69. The summed E-state index contributed by atoms with van der Waals surface area (Å²) in [5.74, 6) is -1.27. The summed E-state index contributed by atoms with van der Waals surface area (Å²) in [6.45, 7) is 3.36. The molecule has 0 N–H and O–H groups in total. The SMILES string of the molecule is CCc1ccc(-n2c(=O)n(C)c(=O)c3c(Oc4cccc(F)c4C)cc(=O)n(C)c32)c(F)c1. The van der Waals surface area contributed by atoms with Gasteiger partial charge in [-0.25, -0.2) is 18.1 Å². The highest BCUT2D eigenvalue weighted by Gasteiger charge is 2.22. The zero-order valence-corrected chi connectivity index (χ0v) is 18.5. The molecule has 0 aliphatic carbocycles. The largest absolute Gasteiger partial charge is 0.456 e. The molecule has 0 saturated heterocycles. The number of hydrogen-bond acceptors (Lipinski definition) is 4. The molecule has 0 saturated carbocycles. The van der Waals surface area contributed by atoms with Crippen molar-refractivity contribution in [3.05, 3.63) is 96.4 Å². The van der Waals surface area contributed by atoms with E-state index < -0.39 is 28.4 Å². The molecule has 9 heteroatoms. The lowest BCUT2D eigenvalue weighted by molar-refractivity contribution is 0.473. The molecule has 2 heterocycles. The minimum absolute atomic E-state index is 0.0998. The first-order chi connectivity index (χ1) is 15.6. The van der Waals surface area contributed by atoms with Crippen molar-refractivity contribution in [3.63, 3.8) is 0 Å². The van der Waals surface area contributed by atoms with Crippen LogP contribution in [0.1, 0.15) is 18.1 Å². The van der Waals surface area contributed by atoms with E-state index in [-0.39, 0.29) is 33.8 Å². The number of rotatable bonds is 4. The normalized spacial score (nSPS) is 11.2. The third kappa shape index (κ3) is 3.55. The molecular weight excluding hydrogens is 432 g/mol. The van der Waals surface area contributed by atoms with Crippen LogP contribution in [0.15, 0.2) is 56.8 Å². The zero-order valence-electron chi connectivity index (χ0n) is 18.5. The van der Waals surface area contributed by atoms with Crippen LogP contribution in [0, 0.1) is 18.6 Å². The molecule has 0 unspecified atom stereocenters. The number of pyridine rings is 1. The monoisotopic (exact) mass is 453 g/mol. The number of hydrogen-bond donors (Lipinski definition) is 0. The maximum absolute atomic E-state index is 15.0. The van der Waals surface area contributed by atoms with Crippen molar-refractivity contribution in [3.8, 4) is 17.2 Å². The van der Waals surface area contributed by atoms with Crippen molar-refractivity contribution >= 4 is 11.0 Å². The quantitative estimate of drug-likeness (QED) is 0.475. The van der Waals surface area contributed by atoms with Crippen LogP contribution >= 0.6 is 0 Å². The number of ether oxygens (including phenoxy) is 1. The number of benzene rings is 2. The molecule has 0 radical (unpaired) electrons. The summed E-state index contributed by atoms with van der Waals surface area (Å²) in [5.41, 5.74) is -1.52. The molecule has 7 nitrogen and oxygen atoms in total. The van der Waals surface area contributed by atoms with Gasteiger partial charge in [-0.2, -0.15) is 0 Å². The van der Waals surface area contributed by atoms with Gasteiger partial charge < -0.3 is 4.74 Å². The molecule has 0 fully saturated rings. The van der Waals surface area contributed by atoms with Crippen LogP contribution in [0.2, 0.25) is 0 Å². The third-order valence-electron chi connectivity index (χ3n) is 5.68. The Bertz CT molecular complexity index is 1600. The molecule has 0 amide bonds. The smallest absolute Gasteiger partial charge is 0.337 e. The molecule has 2 aromatic heterocycles. The van der Waals surface area contributed by atoms with E-state index in [2.05, 4.69) is 0 Å². The van der Waals surface area contributed by atoms with Gasteiger partial charge in [0.2, 0.25) is 0 Å². The van der Waals surface area contributed by atoms with E-state index >= 15 is 4.39 Å². The highest BCUT2D eigenvalue weighted by Crippen LogP contribution is 2.30. The Balaban J connectivity index is 2.14. The van der Waals surface area contributed by atoms with E-state index in [0.29, 0.717) is 6.42 Å². The highest BCUT2D eigenvalue weighted by atomic mass is 19.1. The lowest BCUT2D eigenvalue weighted by atomic mass is 10.1. The maximum Gasteiger partial charge on any atom is 0.337 e. The van der Waals surface area contributed by atoms with Crippen molar-refractivity contribution in [2.45, 2.75) is 20.3 Å². The van der Waals surface area contributed by atoms with Crippen molar-refractivity contribution in [1.29, 1.82) is 0 Å². The zero-order chi connectivity index (χ0) is 24.0. The second-order valence-corrected chi connectivity index (χ2v) is 7.69. The summed E-state index contributed by atoms with van der Waals surface area (Å²) in [6, 6.07) is 9.64. The predicted molar refractivity (Wildman–Crippen MR) is 121 cm³/mol. The van der Waals surface area contributed by atoms with Gasteiger partial charge >= 0.3 is 5.69 Å². The Morgan fingerprint density at radius 1 is 0.909 bits per heavy atom. The molecule has 4 aromatic rings. The second-order valence-electron chi connectivity index (χ2n) is 7.69. The third-order valence-corrected chi connectivity index (χ3v) is 5.68. The number of aryl methyl sites for hydroxylation is 2. The number of nitrogens with zero attached hydrogens (tertiary/aromatic N) is 3. The van der Waals surface area contributed by atoms with Crippen molar-refractivity contribution in [1.82, 2.24) is 13.7 Å². The molecule has 0 aliphatic heterocycles. The van der Waals surface area contributed by atoms with Gasteiger partial charge in [0.15, 0.2) is 0 Å². The van der Waals surface area contributed by atoms with Crippen molar-refractivity contribution in [2.75, 3.05) is 0 Å². The van der Waals surface area contributed by atoms with E-state index in [9.17, 15) is 18.8 Å². The second kappa shape index (κ2) is 8.16. The van der Waals surface area contributed by atoms with Gasteiger partial charge in [0.05, 0.1) is 5.69 Å². The first-order valence-electron chi connectivity index (χ1n) is 10.2. The van der Waals surface area contributed by atoms with Gasteiger partial charge in [0.25, 0.3) is 11.1 Å². The fraction of sp³-hybridized carbons (Fsp3) is 0.208. The van der Waals surface area contributed by atoms with E-state index in [1.165, 1.54) is 51.4 Å². The van der Waals surface area contributed by atoms with Crippen LogP contribution in [-0.4, -0.2) is 13.7 Å². The fourth-order valence-electron chi connectivity index (χ4n) is 3.69. The van der Waals surface area contributed by atoms with E-state index in [1.807, 2.05) is 6.92 Å². The van der Waals surface area contributed by atoms with Crippen molar-refractivity contribution in [2.24, 2.45) is 14.1 Å². The van der Waals surface area contributed by atoms with Gasteiger partial charge in [0.1, 0.15) is 34.2 Å². The first kappa shape index (κ1) is 22.2. The molecule has 0 bridgehead atoms. The predicted octanol–water partition coefficient (Wildman–Crippen LogP) is 3.33. The minimum Gasteiger partial charge on any atom is -0.456 e. The Morgan fingerprint density at radius 3 is 2.30 bits per heavy atom. The number of halogens is 2. The molecule has 0 aliphatic rings. The highest BCUT2D eigenvalue weighted by molar-refractivity contribution is 5.83. The number of aromatic nitrogens is 3. The molecule has 170 valence electrons. The summed E-state index contributed by atoms with van der Waals surface area (Å²) >= 11 is 0. The Morgan fingerprint density at radius 2 is 1.64 bits per heavy atom. The topological polar surface area (TPSA) is 75.2 Å². The van der Waals surface area contributed by atoms with Crippen LogP contribution in [-0.2, 0) is 20.5 Å². The number of fused-ring (bicyclic) bond motifs is 1. The lowest BCUT2D eigenvalue weighted by Crippen LogP contribution is -2.40. The summed E-state index contributed by atoms with van der Waals surface area (Å²) in [4.78, 5) is 39.0. The molecule has 33 heavy (non-hydrogen) atoms. The van der Waals surface area contributed by atoms with Crippen molar-refractivity contribution < 1.29 is 13.5 Å². The molecule has 4 rings (SSSR count). The summed E-state index contributed by atoms with van der Waals surface area (Å²) in [6.07, 6.45) is 0.587. The Kier molecular flexibility index (Phi) is 5.49. The van der Waals surface area contributed by atoms with Crippen LogP contribution in [0.25, 0.3) is 16.7 Å². The molecule has 0 spiro atoms.